The first-order chi connectivity index (χ1) is 16.0. The maximum absolute atomic E-state index is 12.8. The number of ketones is 1. The van der Waals surface area contributed by atoms with Crippen molar-refractivity contribution in [1.29, 1.82) is 0 Å². The molecular formula is C27H30N2O3S. The molecule has 0 saturated carbocycles. The number of aryl methyl sites for hydroxylation is 1. The summed E-state index contributed by atoms with van der Waals surface area (Å²) in [5.74, 6) is 0.428. The second-order valence-corrected chi connectivity index (χ2v) is 8.95. The molecule has 3 rings (SSSR count). The van der Waals surface area contributed by atoms with Crippen LogP contribution in [0.2, 0.25) is 0 Å². The van der Waals surface area contributed by atoms with Crippen LogP contribution in [0.5, 0.6) is 5.75 Å². The highest BCUT2D eigenvalue weighted by molar-refractivity contribution is 7.09. The molecule has 2 atom stereocenters. The Morgan fingerprint density at radius 3 is 2.48 bits per heavy atom. The van der Waals surface area contributed by atoms with Crippen molar-refractivity contribution in [2.75, 3.05) is 12.4 Å². The van der Waals surface area contributed by atoms with E-state index in [4.69, 9.17) is 10.5 Å². The number of anilines is 1. The van der Waals surface area contributed by atoms with E-state index in [0.717, 1.165) is 23.5 Å². The van der Waals surface area contributed by atoms with Crippen LogP contribution >= 0.6 is 11.3 Å². The van der Waals surface area contributed by atoms with Gasteiger partial charge >= 0.3 is 0 Å². The molecule has 3 aromatic rings. The first kappa shape index (κ1) is 24.4. The molecule has 0 fully saturated rings. The Hall–Kier alpha value is -3.22. The van der Waals surface area contributed by atoms with E-state index in [1.54, 1.807) is 42.7 Å². The van der Waals surface area contributed by atoms with Crippen molar-refractivity contribution in [2.24, 2.45) is 11.7 Å². The van der Waals surface area contributed by atoms with Crippen LogP contribution in [-0.4, -0.2) is 24.8 Å². The van der Waals surface area contributed by atoms with Crippen LogP contribution in [0.25, 0.3) is 0 Å². The Balaban J connectivity index is 1.61. The summed E-state index contributed by atoms with van der Waals surface area (Å²) in [6.07, 6.45) is 5.78. The minimum Gasteiger partial charge on any atom is -0.497 e. The minimum atomic E-state index is -0.538. The molecule has 5 nitrogen and oxygen atoms in total. The molecule has 0 aliphatic rings. The van der Waals surface area contributed by atoms with E-state index in [1.807, 2.05) is 41.8 Å². The fourth-order valence-electron chi connectivity index (χ4n) is 3.51. The van der Waals surface area contributed by atoms with Gasteiger partial charge in [0.05, 0.1) is 13.2 Å². The number of methoxy groups -OCH3 is 1. The zero-order valence-corrected chi connectivity index (χ0v) is 19.6. The van der Waals surface area contributed by atoms with Crippen molar-refractivity contribution in [3.05, 3.63) is 94.7 Å². The second kappa shape index (κ2) is 12.7. The highest BCUT2D eigenvalue weighted by Crippen LogP contribution is 2.19. The topological polar surface area (TPSA) is 81.4 Å². The number of amides is 1. The monoisotopic (exact) mass is 462 g/mol. The van der Waals surface area contributed by atoms with E-state index in [2.05, 4.69) is 17.4 Å². The fourth-order valence-corrected chi connectivity index (χ4v) is 4.28. The third-order valence-electron chi connectivity index (χ3n) is 5.40. The number of rotatable bonds is 12. The molecular weight excluding hydrogens is 432 g/mol. The standard InChI is InChI=1S/C27H30N2O3S/c1-32-23-14-12-22(13-15-23)29-27(31)16-11-21(10-9-20-6-3-2-4-7-20)18-26(30)25(28)19-24-8-5-17-33-24/h2-8,11-17,21,25H,9-10,18-19,28H2,1H3,(H,29,31)/b16-11+/t21-,25-/m0/s1. The Kier molecular flexibility index (Phi) is 9.42. The van der Waals surface area contributed by atoms with Crippen molar-refractivity contribution >= 4 is 28.7 Å². The van der Waals surface area contributed by atoms with Crippen LogP contribution in [0, 0.1) is 5.92 Å². The quantitative estimate of drug-likeness (QED) is 0.370. The summed E-state index contributed by atoms with van der Waals surface area (Å²) in [5.41, 5.74) is 8.07. The molecule has 2 aromatic carbocycles. The largest absolute Gasteiger partial charge is 0.497 e. The average Bonchev–Trinajstić information content (AvgIpc) is 3.35. The lowest BCUT2D eigenvalue weighted by Crippen LogP contribution is -2.33. The van der Waals surface area contributed by atoms with Gasteiger partial charge in [0.2, 0.25) is 5.91 Å². The molecule has 0 radical (unpaired) electrons. The van der Waals surface area contributed by atoms with Crippen LogP contribution in [-0.2, 0) is 22.4 Å². The molecule has 33 heavy (non-hydrogen) atoms. The minimum absolute atomic E-state index is 0.0154. The van der Waals surface area contributed by atoms with Gasteiger partial charge in [-0.05, 0) is 66.1 Å². The summed E-state index contributed by atoms with van der Waals surface area (Å²) in [4.78, 5) is 26.4. The molecule has 1 heterocycles. The van der Waals surface area contributed by atoms with Crippen molar-refractivity contribution in [1.82, 2.24) is 0 Å². The summed E-state index contributed by atoms with van der Waals surface area (Å²) < 4.78 is 5.14. The number of hydrogen-bond acceptors (Lipinski definition) is 5. The van der Waals surface area contributed by atoms with Gasteiger partial charge in [-0.25, -0.2) is 0 Å². The van der Waals surface area contributed by atoms with Gasteiger partial charge in [0.25, 0.3) is 0 Å². The van der Waals surface area contributed by atoms with Crippen LogP contribution in [0.3, 0.4) is 0 Å². The summed E-state index contributed by atoms with van der Waals surface area (Å²) in [7, 11) is 1.60. The number of Topliss-reactive ketones (excluding diaryl/α,β-unsaturated/α-hetero) is 1. The third-order valence-corrected chi connectivity index (χ3v) is 6.30. The van der Waals surface area contributed by atoms with E-state index >= 15 is 0 Å². The van der Waals surface area contributed by atoms with E-state index < -0.39 is 6.04 Å². The number of thiophene rings is 1. The van der Waals surface area contributed by atoms with Crippen molar-refractivity contribution in [3.8, 4) is 5.75 Å². The number of carbonyl (C=O) groups is 2. The van der Waals surface area contributed by atoms with Gasteiger partial charge < -0.3 is 15.8 Å². The highest BCUT2D eigenvalue weighted by Gasteiger charge is 2.19. The number of ether oxygens (including phenoxy) is 1. The number of hydrogen-bond donors (Lipinski definition) is 2. The number of nitrogens with one attached hydrogen (secondary N) is 1. The number of allylic oxidation sites excluding steroid dienone is 1. The van der Waals surface area contributed by atoms with Crippen LogP contribution in [0.15, 0.2) is 84.3 Å². The molecule has 0 aliphatic carbocycles. The van der Waals surface area contributed by atoms with Gasteiger partial charge in [-0.3, -0.25) is 9.59 Å². The van der Waals surface area contributed by atoms with Gasteiger partial charge in [-0.15, -0.1) is 11.3 Å². The summed E-state index contributed by atoms with van der Waals surface area (Å²) >= 11 is 1.61. The number of nitrogens with two attached hydrogens (primary N) is 1. The van der Waals surface area contributed by atoms with Gasteiger partial charge in [0, 0.05) is 23.4 Å². The lowest BCUT2D eigenvalue weighted by Gasteiger charge is -2.16. The van der Waals surface area contributed by atoms with Gasteiger partial charge in [0.1, 0.15) is 11.5 Å². The van der Waals surface area contributed by atoms with Crippen molar-refractivity contribution < 1.29 is 14.3 Å². The molecule has 6 heteroatoms. The molecule has 1 amide bonds. The SMILES string of the molecule is COc1ccc(NC(=O)/C=C/[C@H](CCc2ccccc2)CC(=O)[C@@H](N)Cc2cccs2)cc1. The molecule has 0 saturated heterocycles. The van der Waals surface area contributed by atoms with Crippen LogP contribution in [0.4, 0.5) is 5.69 Å². The predicted molar refractivity (Wildman–Crippen MR) is 135 cm³/mol. The average molecular weight is 463 g/mol. The maximum Gasteiger partial charge on any atom is 0.248 e. The lowest BCUT2D eigenvalue weighted by atomic mass is 9.91. The molecule has 0 unspecified atom stereocenters. The lowest BCUT2D eigenvalue weighted by molar-refractivity contribution is -0.121. The van der Waals surface area contributed by atoms with E-state index in [1.165, 1.54) is 11.6 Å². The fraction of sp³-hybridized carbons (Fsp3) is 0.259. The molecule has 0 spiro atoms. The second-order valence-electron chi connectivity index (χ2n) is 7.92. The Labute approximate surface area is 199 Å². The summed E-state index contributed by atoms with van der Waals surface area (Å²) in [6, 6.07) is 20.7. The zero-order valence-electron chi connectivity index (χ0n) is 18.8. The van der Waals surface area contributed by atoms with Gasteiger partial charge in [-0.1, -0.05) is 42.5 Å². The van der Waals surface area contributed by atoms with Gasteiger partial charge in [-0.2, -0.15) is 0 Å². The Morgan fingerprint density at radius 1 is 1.06 bits per heavy atom. The molecule has 3 N–H and O–H groups in total. The normalized spacial score (nSPS) is 12.9. The number of benzene rings is 2. The van der Waals surface area contributed by atoms with Crippen LogP contribution in [0.1, 0.15) is 23.3 Å². The summed E-state index contributed by atoms with van der Waals surface area (Å²) in [6.45, 7) is 0. The first-order valence-electron chi connectivity index (χ1n) is 11.0. The highest BCUT2D eigenvalue weighted by atomic mass is 32.1. The van der Waals surface area contributed by atoms with E-state index in [0.29, 0.717) is 18.5 Å². The molecule has 172 valence electrons. The smallest absolute Gasteiger partial charge is 0.248 e. The van der Waals surface area contributed by atoms with E-state index in [9.17, 15) is 9.59 Å². The first-order valence-corrected chi connectivity index (χ1v) is 11.9. The third kappa shape index (κ3) is 8.33. The van der Waals surface area contributed by atoms with Crippen molar-refractivity contribution in [3.63, 3.8) is 0 Å². The Morgan fingerprint density at radius 2 is 1.82 bits per heavy atom. The zero-order chi connectivity index (χ0) is 23.5. The number of carbonyl (C=O) groups excluding carboxylic acids is 2. The molecule has 1 aromatic heterocycles. The van der Waals surface area contributed by atoms with Crippen molar-refractivity contribution in [2.45, 2.75) is 31.7 Å². The van der Waals surface area contributed by atoms with E-state index in [-0.39, 0.29) is 17.6 Å². The summed E-state index contributed by atoms with van der Waals surface area (Å²) in [5, 5.41) is 4.82. The maximum atomic E-state index is 12.8. The van der Waals surface area contributed by atoms with Gasteiger partial charge in [0.15, 0.2) is 0 Å². The predicted octanol–water partition coefficient (Wildman–Crippen LogP) is 5.03. The van der Waals surface area contributed by atoms with Crippen LogP contribution < -0.4 is 15.8 Å². The Bertz CT molecular complexity index is 1030. The molecule has 0 aliphatic heterocycles. The molecule has 0 bridgehead atoms.